The minimum absolute atomic E-state index is 0.0945. The molecule has 0 aliphatic rings. The molecule has 29 heavy (non-hydrogen) atoms. The fourth-order valence-electron chi connectivity index (χ4n) is 3.55. The van der Waals surface area contributed by atoms with E-state index in [9.17, 15) is 9.59 Å². The number of fused-ring (bicyclic) bond motifs is 1. The van der Waals surface area contributed by atoms with Crippen LogP contribution in [0.1, 0.15) is 29.9 Å². The molecule has 6 heteroatoms. The molecule has 0 spiro atoms. The van der Waals surface area contributed by atoms with Gasteiger partial charge in [0, 0.05) is 34.6 Å². The van der Waals surface area contributed by atoms with E-state index in [1.165, 1.54) is 0 Å². The van der Waals surface area contributed by atoms with E-state index in [-0.39, 0.29) is 5.56 Å². The zero-order chi connectivity index (χ0) is 20.5. The van der Waals surface area contributed by atoms with Gasteiger partial charge in [-0.2, -0.15) is 0 Å². The van der Waals surface area contributed by atoms with Crippen LogP contribution in [0, 0.1) is 5.92 Å². The number of hydrogen-bond acceptors (Lipinski definition) is 3. The second-order valence-electron chi connectivity index (χ2n) is 7.54. The third kappa shape index (κ3) is 3.69. The third-order valence-corrected chi connectivity index (χ3v) is 4.88. The highest BCUT2D eigenvalue weighted by molar-refractivity contribution is 5.94. The molecule has 0 fully saturated rings. The van der Waals surface area contributed by atoms with E-state index in [0.717, 1.165) is 40.1 Å². The smallest absolute Gasteiger partial charge is 0.248 e. The maximum atomic E-state index is 11.8. The summed E-state index contributed by atoms with van der Waals surface area (Å²) in [5, 5.41) is 0. The van der Waals surface area contributed by atoms with Crippen molar-refractivity contribution in [3.63, 3.8) is 0 Å². The Hall–Kier alpha value is -3.67. The summed E-state index contributed by atoms with van der Waals surface area (Å²) in [7, 11) is 0. The van der Waals surface area contributed by atoms with E-state index < -0.39 is 5.91 Å². The summed E-state index contributed by atoms with van der Waals surface area (Å²) in [6.45, 7) is 4.25. The molecular weight excluding hydrogens is 364 g/mol. The van der Waals surface area contributed by atoms with E-state index >= 15 is 0 Å². The van der Waals surface area contributed by atoms with Crippen molar-refractivity contribution in [1.82, 2.24) is 14.4 Å². The van der Waals surface area contributed by atoms with Gasteiger partial charge in [0.2, 0.25) is 11.5 Å². The molecule has 6 nitrogen and oxygen atoms in total. The number of rotatable bonds is 5. The molecule has 3 N–H and O–H groups in total. The Balaban J connectivity index is 1.79. The first-order chi connectivity index (χ1) is 13.9. The largest absolute Gasteiger partial charge is 0.366 e. The van der Waals surface area contributed by atoms with Gasteiger partial charge in [-0.05, 0) is 48.2 Å². The van der Waals surface area contributed by atoms with Crippen molar-refractivity contribution in [2.75, 3.05) is 0 Å². The monoisotopic (exact) mass is 386 g/mol. The summed E-state index contributed by atoms with van der Waals surface area (Å²) in [4.78, 5) is 30.8. The minimum Gasteiger partial charge on any atom is -0.366 e. The summed E-state index contributed by atoms with van der Waals surface area (Å²) < 4.78 is 1.97. The molecule has 0 aliphatic heterocycles. The second kappa shape index (κ2) is 7.39. The molecule has 3 aromatic heterocycles. The Morgan fingerprint density at radius 2 is 1.97 bits per heavy atom. The van der Waals surface area contributed by atoms with E-state index in [1.807, 2.05) is 40.9 Å². The maximum Gasteiger partial charge on any atom is 0.248 e. The lowest BCUT2D eigenvalue weighted by molar-refractivity contribution is 0.100. The number of nitrogens with zero attached hydrogens (tertiary/aromatic N) is 2. The molecule has 1 aromatic carbocycles. The standard InChI is InChI=1S/C23H22N4O2/c1-14(2)10-19-18(6-7-22(28)26-19)15-8-9-27-20(13-25-21(27)12-15)16-4-3-5-17(11-16)23(24)29/h3-9,11-14H,10H2,1-2H3,(H2,24,29)(H,26,28). The van der Waals surface area contributed by atoms with Gasteiger partial charge in [-0.3, -0.25) is 14.0 Å². The van der Waals surface area contributed by atoms with Gasteiger partial charge in [-0.1, -0.05) is 26.0 Å². The summed E-state index contributed by atoms with van der Waals surface area (Å²) in [5.41, 5.74) is 11.2. The molecule has 0 atom stereocenters. The van der Waals surface area contributed by atoms with Crippen LogP contribution in [0.5, 0.6) is 0 Å². The Morgan fingerprint density at radius 3 is 2.72 bits per heavy atom. The van der Waals surface area contributed by atoms with Gasteiger partial charge in [0.1, 0.15) is 5.65 Å². The lowest BCUT2D eigenvalue weighted by Gasteiger charge is -2.12. The first-order valence-electron chi connectivity index (χ1n) is 9.52. The van der Waals surface area contributed by atoms with Crippen LogP contribution >= 0.6 is 0 Å². The molecule has 4 rings (SSSR count). The molecule has 3 heterocycles. The minimum atomic E-state index is -0.460. The van der Waals surface area contributed by atoms with Crippen molar-refractivity contribution in [2.45, 2.75) is 20.3 Å². The van der Waals surface area contributed by atoms with Crippen LogP contribution < -0.4 is 11.3 Å². The average molecular weight is 386 g/mol. The lowest BCUT2D eigenvalue weighted by Crippen LogP contribution is -2.10. The van der Waals surface area contributed by atoms with Crippen molar-refractivity contribution in [2.24, 2.45) is 11.7 Å². The topological polar surface area (TPSA) is 93.2 Å². The van der Waals surface area contributed by atoms with E-state index in [4.69, 9.17) is 5.73 Å². The predicted molar refractivity (Wildman–Crippen MR) is 114 cm³/mol. The molecule has 0 unspecified atom stereocenters. The molecule has 146 valence electrons. The van der Waals surface area contributed by atoms with Crippen molar-refractivity contribution >= 4 is 11.6 Å². The molecule has 0 saturated carbocycles. The van der Waals surface area contributed by atoms with Crippen LogP contribution in [0.15, 0.2) is 65.7 Å². The fourth-order valence-corrected chi connectivity index (χ4v) is 3.55. The van der Waals surface area contributed by atoms with Crippen molar-refractivity contribution < 1.29 is 4.79 Å². The molecule has 0 aliphatic carbocycles. The summed E-state index contributed by atoms with van der Waals surface area (Å²) in [6.07, 6.45) is 4.52. The lowest BCUT2D eigenvalue weighted by atomic mass is 9.99. The van der Waals surface area contributed by atoms with Crippen LogP contribution in [0.3, 0.4) is 0 Å². The predicted octanol–water partition coefficient (Wildman–Crippen LogP) is 3.65. The zero-order valence-corrected chi connectivity index (χ0v) is 16.3. The molecular formula is C23H22N4O2. The van der Waals surface area contributed by atoms with E-state index in [0.29, 0.717) is 11.5 Å². The first-order valence-corrected chi connectivity index (χ1v) is 9.52. The summed E-state index contributed by atoms with van der Waals surface area (Å²) >= 11 is 0. The molecule has 0 saturated heterocycles. The third-order valence-electron chi connectivity index (χ3n) is 4.88. The summed E-state index contributed by atoms with van der Waals surface area (Å²) in [6, 6.07) is 14.6. The average Bonchev–Trinajstić information content (AvgIpc) is 3.11. The Kier molecular flexibility index (Phi) is 4.76. The number of aromatic nitrogens is 3. The van der Waals surface area contributed by atoms with Gasteiger partial charge in [-0.15, -0.1) is 0 Å². The molecule has 0 bridgehead atoms. The first kappa shape index (κ1) is 18.7. The number of nitrogens with two attached hydrogens (primary N) is 1. The zero-order valence-electron chi connectivity index (χ0n) is 16.3. The molecule has 1 amide bonds. The Morgan fingerprint density at radius 1 is 1.14 bits per heavy atom. The van der Waals surface area contributed by atoms with Gasteiger partial charge in [0.15, 0.2) is 0 Å². The SMILES string of the molecule is CC(C)Cc1[nH]c(=O)ccc1-c1ccn2c(-c3cccc(C(N)=O)c3)cnc2c1. The number of H-pyrrole nitrogens is 1. The van der Waals surface area contributed by atoms with Crippen molar-refractivity contribution in [3.05, 3.63) is 82.5 Å². The number of amides is 1. The van der Waals surface area contributed by atoms with E-state index in [1.54, 1.807) is 24.4 Å². The number of primary amides is 1. The molecule has 0 radical (unpaired) electrons. The fraction of sp³-hybridized carbons (Fsp3) is 0.174. The van der Waals surface area contributed by atoms with Crippen molar-refractivity contribution in [1.29, 1.82) is 0 Å². The van der Waals surface area contributed by atoms with E-state index in [2.05, 4.69) is 23.8 Å². The van der Waals surface area contributed by atoms with Crippen molar-refractivity contribution in [3.8, 4) is 22.4 Å². The van der Waals surface area contributed by atoms with Crippen LogP contribution in [-0.2, 0) is 6.42 Å². The van der Waals surface area contributed by atoms with Gasteiger partial charge < -0.3 is 10.7 Å². The van der Waals surface area contributed by atoms with Gasteiger partial charge in [-0.25, -0.2) is 4.98 Å². The molecule has 4 aromatic rings. The second-order valence-corrected chi connectivity index (χ2v) is 7.54. The van der Waals surface area contributed by atoms with Crippen LogP contribution in [0.25, 0.3) is 28.0 Å². The number of carbonyl (C=O) groups is 1. The number of hydrogen-bond donors (Lipinski definition) is 2. The van der Waals surface area contributed by atoms with Gasteiger partial charge in [0.05, 0.1) is 11.9 Å². The number of aromatic amines is 1. The summed E-state index contributed by atoms with van der Waals surface area (Å²) in [5.74, 6) is -0.0372. The number of nitrogens with one attached hydrogen (secondary N) is 1. The van der Waals surface area contributed by atoms with Crippen LogP contribution in [-0.4, -0.2) is 20.3 Å². The Labute approximate surface area is 168 Å². The number of pyridine rings is 2. The van der Waals surface area contributed by atoms with Gasteiger partial charge in [0.25, 0.3) is 0 Å². The number of imidazole rings is 1. The Bertz CT molecular complexity index is 1270. The highest BCUT2D eigenvalue weighted by Crippen LogP contribution is 2.27. The number of carbonyl (C=O) groups excluding carboxylic acids is 1. The van der Waals surface area contributed by atoms with Crippen LogP contribution in [0.4, 0.5) is 0 Å². The maximum absolute atomic E-state index is 11.8. The van der Waals surface area contributed by atoms with Gasteiger partial charge >= 0.3 is 0 Å². The highest BCUT2D eigenvalue weighted by atomic mass is 16.1. The highest BCUT2D eigenvalue weighted by Gasteiger charge is 2.12. The normalized spacial score (nSPS) is 11.3. The van der Waals surface area contributed by atoms with Crippen LogP contribution in [0.2, 0.25) is 0 Å². The number of benzene rings is 1. The quantitative estimate of drug-likeness (QED) is 0.548.